The summed E-state index contributed by atoms with van der Waals surface area (Å²) in [6.07, 6.45) is 3.26. The van der Waals surface area contributed by atoms with Crippen LogP contribution in [0.4, 0.5) is 5.69 Å². The van der Waals surface area contributed by atoms with Crippen LogP contribution in [0.1, 0.15) is 18.4 Å². The van der Waals surface area contributed by atoms with Crippen LogP contribution < -0.4 is 10.1 Å². The minimum atomic E-state index is 0.0441. The average molecular weight is 319 g/mol. The molecule has 0 atom stereocenters. The number of nitrogens with one attached hydrogen (secondary N) is 1. The van der Waals surface area contributed by atoms with Gasteiger partial charge in [0.25, 0.3) is 5.19 Å². The highest BCUT2D eigenvalue weighted by Crippen LogP contribution is 2.32. The van der Waals surface area contributed by atoms with Crippen LogP contribution >= 0.6 is 11.5 Å². The second-order valence-corrected chi connectivity index (χ2v) is 6.05. The van der Waals surface area contributed by atoms with Crippen LogP contribution in [0.3, 0.4) is 0 Å². The van der Waals surface area contributed by atoms with Gasteiger partial charge in [0, 0.05) is 30.2 Å². The van der Waals surface area contributed by atoms with Crippen LogP contribution in [0.25, 0.3) is 0 Å². The molecule has 2 aromatic rings. The van der Waals surface area contributed by atoms with Crippen molar-refractivity contribution in [1.29, 1.82) is 0 Å². The van der Waals surface area contributed by atoms with E-state index in [0.29, 0.717) is 10.9 Å². The van der Waals surface area contributed by atoms with Crippen LogP contribution in [0.5, 0.6) is 10.9 Å². The van der Waals surface area contributed by atoms with Gasteiger partial charge < -0.3 is 14.8 Å². The molecular formula is C15H17N3O3S. The summed E-state index contributed by atoms with van der Waals surface area (Å²) in [7, 11) is 1.68. The minimum absolute atomic E-state index is 0.0441. The quantitative estimate of drug-likeness (QED) is 0.917. The van der Waals surface area contributed by atoms with Crippen molar-refractivity contribution in [3.63, 3.8) is 0 Å². The molecule has 0 aliphatic heterocycles. The van der Waals surface area contributed by atoms with Crippen molar-refractivity contribution in [2.75, 3.05) is 12.4 Å². The maximum absolute atomic E-state index is 12.1. The number of benzene rings is 1. The van der Waals surface area contributed by atoms with Gasteiger partial charge in [-0.3, -0.25) is 4.79 Å². The Morgan fingerprint density at radius 2 is 2.23 bits per heavy atom. The molecule has 0 radical (unpaired) electrons. The molecule has 1 aliphatic rings. The average Bonchev–Trinajstić information content (AvgIpc) is 2.93. The molecule has 6 nitrogen and oxygen atoms in total. The number of rotatable bonds is 5. The lowest BCUT2D eigenvalue weighted by molar-refractivity contribution is -0.127. The van der Waals surface area contributed by atoms with Gasteiger partial charge in [-0.25, -0.2) is 0 Å². The number of hydrogen-bond donors (Lipinski definition) is 1. The zero-order chi connectivity index (χ0) is 15.5. The van der Waals surface area contributed by atoms with E-state index in [0.717, 1.165) is 24.1 Å². The first kappa shape index (κ1) is 14.9. The highest BCUT2D eigenvalue weighted by molar-refractivity contribution is 7.07. The Hall–Kier alpha value is -1.99. The first-order chi connectivity index (χ1) is 10.7. The Bertz CT molecular complexity index is 654. The Kier molecular flexibility index (Phi) is 4.35. The fraction of sp³-hybridized carbons (Fsp3) is 0.400. The first-order valence-electron chi connectivity index (χ1n) is 7.04. The van der Waals surface area contributed by atoms with Gasteiger partial charge in [0.15, 0.2) is 0 Å². The third kappa shape index (κ3) is 3.26. The predicted octanol–water partition coefficient (Wildman–Crippen LogP) is 3.00. The van der Waals surface area contributed by atoms with E-state index in [4.69, 9.17) is 9.47 Å². The topological polar surface area (TPSA) is 73.3 Å². The number of nitrogens with zero attached hydrogens (tertiary/aromatic N) is 2. The molecule has 1 aromatic heterocycles. The number of aromatic nitrogens is 2. The molecule has 3 rings (SSSR count). The number of methoxy groups -OCH3 is 1. The summed E-state index contributed by atoms with van der Waals surface area (Å²) in [4.78, 5) is 16.1. The largest absolute Gasteiger partial charge is 0.430 e. The molecule has 0 spiro atoms. The second-order valence-electron chi connectivity index (χ2n) is 5.30. The predicted molar refractivity (Wildman–Crippen MR) is 83.3 cm³/mol. The van der Waals surface area contributed by atoms with Gasteiger partial charge >= 0.3 is 0 Å². The van der Waals surface area contributed by atoms with Crippen molar-refractivity contribution in [2.24, 2.45) is 5.92 Å². The van der Waals surface area contributed by atoms with Crippen LogP contribution in [0, 0.1) is 12.8 Å². The molecule has 1 N–H and O–H groups in total. The monoisotopic (exact) mass is 319 g/mol. The molecule has 22 heavy (non-hydrogen) atoms. The number of amides is 1. The summed E-state index contributed by atoms with van der Waals surface area (Å²) >= 11 is 1.19. The van der Waals surface area contributed by atoms with E-state index in [1.54, 1.807) is 7.11 Å². The molecule has 0 unspecified atom stereocenters. The number of hydrogen-bond acceptors (Lipinski definition) is 6. The fourth-order valence-corrected chi connectivity index (χ4v) is 2.77. The van der Waals surface area contributed by atoms with Crippen molar-refractivity contribution in [3.05, 3.63) is 30.1 Å². The van der Waals surface area contributed by atoms with E-state index in [9.17, 15) is 4.79 Å². The van der Waals surface area contributed by atoms with Gasteiger partial charge in [0.1, 0.15) is 12.1 Å². The third-order valence-electron chi connectivity index (χ3n) is 3.78. The second kappa shape index (κ2) is 6.41. The molecule has 0 bridgehead atoms. The van der Waals surface area contributed by atoms with Gasteiger partial charge in [-0.15, -0.1) is 0 Å². The van der Waals surface area contributed by atoms with E-state index in [-0.39, 0.29) is 17.9 Å². The molecule has 0 saturated heterocycles. The van der Waals surface area contributed by atoms with Crippen LogP contribution in [-0.2, 0) is 9.53 Å². The smallest absolute Gasteiger partial charge is 0.298 e. The fourth-order valence-electron chi connectivity index (χ4n) is 2.36. The van der Waals surface area contributed by atoms with E-state index >= 15 is 0 Å². The zero-order valence-electron chi connectivity index (χ0n) is 12.4. The zero-order valence-corrected chi connectivity index (χ0v) is 13.2. The minimum Gasteiger partial charge on any atom is -0.430 e. The molecular weight excluding hydrogens is 302 g/mol. The Morgan fingerprint density at radius 3 is 2.86 bits per heavy atom. The van der Waals surface area contributed by atoms with E-state index in [2.05, 4.69) is 14.7 Å². The molecule has 1 saturated carbocycles. The van der Waals surface area contributed by atoms with Crippen molar-refractivity contribution >= 4 is 23.1 Å². The van der Waals surface area contributed by atoms with Gasteiger partial charge in [-0.05, 0) is 43.5 Å². The maximum Gasteiger partial charge on any atom is 0.298 e. The number of aryl methyl sites for hydroxylation is 1. The molecule has 116 valence electrons. The Morgan fingerprint density at radius 1 is 1.41 bits per heavy atom. The number of anilines is 1. The highest BCUT2D eigenvalue weighted by Gasteiger charge is 2.34. The summed E-state index contributed by atoms with van der Waals surface area (Å²) in [5.41, 5.74) is 1.70. The molecule has 1 aromatic carbocycles. The Labute approximate surface area is 132 Å². The summed E-state index contributed by atoms with van der Waals surface area (Å²) < 4.78 is 14.7. The molecule has 1 fully saturated rings. The summed E-state index contributed by atoms with van der Waals surface area (Å²) in [5.74, 6) is 0.797. The van der Waals surface area contributed by atoms with Crippen LogP contribution in [-0.4, -0.2) is 28.5 Å². The van der Waals surface area contributed by atoms with E-state index in [1.807, 2.05) is 25.1 Å². The summed E-state index contributed by atoms with van der Waals surface area (Å²) in [6.45, 7) is 1.93. The van der Waals surface area contributed by atoms with Gasteiger partial charge in [0.2, 0.25) is 5.91 Å². The molecule has 7 heteroatoms. The van der Waals surface area contributed by atoms with Crippen molar-refractivity contribution in [3.8, 4) is 10.9 Å². The van der Waals surface area contributed by atoms with Gasteiger partial charge in [0.05, 0.1) is 6.10 Å². The third-order valence-corrected chi connectivity index (χ3v) is 4.32. The molecule has 1 heterocycles. The number of carbonyl (C=O) groups excluding carboxylic acids is 1. The standard InChI is InChI=1S/C15H17N3O3S/c1-9-5-11(18-14(19)10-6-12(7-10)20-2)3-4-13(9)21-15-16-8-17-22-15/h3-5,8,10,12H,6-7H2,1-2H3,(H,18,19). The summed E-state index contributed by atoms with van der Waals surface area (Å²) in [5, 5.41) is 3.44. The first-order valence-corrected chi connectivity index (χ1v) is 7.82. The van der Waals surface area contributed by atoms with Gasteiger partial charge in [-0.1, -0.05) is 0 Å². The van der Waals surface area contributed by atoms with Crippen LogP contribution in [0.2, 0.25) is 0 Å². The van der Waals surface area contributed by atoms with E-state index < -0.39 is 0 Å². The molecule has 1 amide bonds. The van der Waals surface area contributed by atoms with Crippen LogP contribution in [0.15, 0.2) is 24.5 Å². The van der Waals surface area contributed by atoms with Gasteiger partial charge in [-0.2, -0.15) is 9.36 Å². The lowest BCUT2D eigenvalue weighted by atomic mass is 9.81. The van der Waals surface area contributed by atoms with Crippen molar-refractivity contribution < 1.29 is 14.3 Å². The highest BCUT2D eigenvalue weighted by atomic mass is 32.1. The van der Waals surface area contributed by atoms with E-state index in [1.165, 1.54) is 17.9 Å². The lowest BCUT2D eigenvalue weighted by Gasteiger charge is -2.32. The normalized spacial score (nSPS) is 20.3. The Balaban J connectivity index is 1.61. The number of ether oxygens (including phenoxy) is 2. The lowest BCUT2D eigenvalue weighted by Crippen LogP contribution is -2.38. The summed E-state index contributed by atoms with van der Waals surface area (Å²) in [6, 6.07) is 5.54. The van der Waals surface area contributed by atoms with Crippen molar-refractivity contribution in [2.45, 2.75) is 25.9 Å². The molecule has 1 aliphatic carbocycles. The maximum atomic E-state index is 12.1. The number of carbonyl (C=O) groups is 1. The SMILES string of the molecule is COC1CC(C(=O)Nc2ccc(Oc3ncns3)c(C)c2)C1. The van der Waals surface area contributed by atoms with Crippen molar-refractivity contribution in [1.82, 2.24) is 9.36 Å².